The van der Waals surface area contributed by atoms with Crippen LogP contribution in [0.1, 0.15) is 19.8 Å². The Balaban J connectivity index is 2.18. The molecule has 2 rings (SSSR count). The van der Waals surface area contributed by atoms with Crippen LogP contribution in [0.4, 0.5) is 10.1 Å². The van der Waals surface area contributed by atoms with Crippen LogP contribution < -0.4 is 11.1 Å². The smallest absolute Gasteiger partial charge is 0.126 e. The average molecular weight is 286 g/mol. The Kier molecular flexibility index (Phi) is 4.33. The molecule has 3 N–H and O–H groups in total. The second-order valence-corrected chi connectivity index (χ2v) is 5.99. The van der Waals surface area contributed by atoms with E-state index in [1.165, 1.54) is 12.1 Å². The van der Waals surface area contributed by atoms with E-state index < -0.39 is 0 Å². The molecule has 1 heterocycles. The van der Waals surface area contributed by atoms with Gasteiger partial charge in [-0.25, -0.2) is 4.39 Å². The first kappa shape index (κ1) is 14.6. The van der Waals surface area contributed by atoms with E-state index in [1.807, 2.05) is 0 Å². The summed E-state index contributed by atoms with van der Waals surface area (Å²) in [5.74, 6) is -0.330. The zero-order chi connectivity index (χ0) is 14.0. The Morgan fingerprint density at radius 3 is 2.84 bits per heavy atom. The predicted octanol–water partition coefficient (Wildman–Crippen LogP) is 2.70. The molecule has 2 unspecified atom stereocenters. The maximum Gasteiger partial charge on any atom is 0.126 e. The maximum atomic E-state index is 13.4. The monoisotopic (exact) mass is 285 g/mol. The van der Waals surface area contributed by atoms with E-state index in [2.05, 4.69) is 24.2 Å². The van der Waals surface area contributed by atoms with Gasteiger partial charge < -0.3 is 16.0 Å². The van der Waals surface area contributed by atoms with Gasteiger partial charge in [-0.05, 0) is 45.0 Å². The van der Waals surface area contributed by atoms with Gasteiger partial charge in [-0.3, -0.25) is 0 Å². The summed E-state index contributed by atoms with van der Waals surface area (Å²) in [6.07, 6.45) is 1.88. The van der Waals surface area contributed by atoms with Crippen LogP contribution in [0, 0.1) is 5.82 Å². The lowest BCUT2D eigenvalue weighted by Gasteiger charge is -2.45. The van der Waals surface area contributed by atoms with Gasteiger partial charge in [-0.2, -0.15) is 0 Å². The van der Waals surface area contributed by atoms with Crippen LogP contribution in [-0.4, -0.2) is 36.6 Å². The summed E-state index contributed by atoms with van der Waals surface area (Å²) in [6.45, 7) is 3.69. The maximum absolute atomic E-state index is 13.4. The van der Waals surface area contributed by atoms with Crippen molar-refractivity contribution < 1.29 is 4.39 Å². The second kappa shape index (κ2) is 5.65. The zero-order valence-electron chi connectivity index (χ0n) is 11.4. The summed E-state index contributed by atoms with van der Waals surface area (Å²) in [4.78, 5) is 2.31. The van der Waals surface area contributed by atoms with Gasteiger partial charge in [0.2, 0.25) is 0 Å². The second-order valence-electron chi connectivity index (χ2n) is 5.55. The quantitative estimate of drug-likeness (QED) is 0.897. The molecule has 1 fully saturated rings. The van der Waals surface area contributed by atoms with E-state index in [-0.39, 0.29) is 11.4 Å². The van der Waals surface area contributed by atoms with E-state index >= 15 is 0 Å². The first-order valence-electron chi connectivity index (χ1n) is 6.59. The summed E-state index contributed by atoms with van der Waals surface area (Å²) in [5.41, 5.74) is 6.49. The number of anilines is 1. The molecule has 19 heavy (non-hydrogen) atoms. The zero-order valence-corrected chi connectivity index (χ0v) is 12.2. The van der Waals surface area contributed by atoms with Crippen LogP contribution in [0.15, 0.2) is 18.2 Å². The number of rotatable bonds is 3. The Labute approximate surface area is 118 Å². The molecular weight excluding hydrogens is 265 g/mol. The van der Waals surface area contributed by atoms with Crippen molar-refractivity contribution in [2.24, 2.45) is 5.73 Å². The first-order valence-corrected chi connectivity index (χ1v) is 6.96. The lowest BCUT2D eigenvalue weighted by molar-refractivity contribution is 0.146. The Bertz CT molecular complexity index is 434. The SMILES string of the molecule is CC1CC(CN)(Nc2cc(F)cc(Cl)c2)CCN1C. The van der Waals surface area contributed by atoms with Crippen molar-refractivity contribution in [3.05, 3.63) is 29.0 Å². The highest BCUT2D eigenvalue weighted by atomic mass is 35.5. The molecule has 106 valence electrons. The Morgan fingerprint density at radius 1 is 1.53 bits per heavy atom. The lowest BCUT2D eigenvalue weighted by Crippen LogP contribution is -2.55. The summed E-state index contributed by atoms with van der Waals surface area (Å²) in [5, 5.41) is 3.80. The molecule has 0 bridgehead atoms. The largest absolute Gasteiger partial charge is 0.378 e. The van der Waals surface area contributed by atoms with Gasteiger partial charge in [0.05, 0.1) is 5.54 Å². The fourth-order valence-corrected chi connectivity index (χ4v) is 2.94. The van der Waals surface area contributed by atoms with Crippen molar-refractivity contribution in [1.29, 1.82) is 0 Å². The minimum absolute atomic E-state index is 0.178. The number of likely N-dealkylation sites (tertiary alicyclic amines) is 1. The van der Waals surface area contributed by atoms with Gasteiger partial charge in [0, 0.05) is 29.8 Å². The summed E-state index contributed by atoms with van der Waals surface area (Å²) in [7, 11) is 2.12. The van der Waals surface area contributed by atoms with Crippen molar-refractivity contribution in [2.75, 3.05) is 25.5 Å². The molecule has 5 heteroatoms. The van der Waals surface area contributed by atoms with Crippen LogP contribution >= 0.6 is 11.6 Å². The molecule has 1 aromatic carbocycles. The van der Waals surface area contributed by atoms with Gasteiger partial charge in [0.25, 0.3) is 0 Å². The predicted molar refractivity (Wildman–Crippen MR) is 78.1 cm³/mol. The van der Waals surface area contributed by atoms with Crippen molar-refractivity contribution in [3.63, 3.8) is 0 Å². The topological polar surface area (TPSA) is 41.3 Å². The lowest BCUT2D eigenvalue weighted by atomic mass is 9.83. The third kappa shape index (κ3) is 3.38. The number of hydrogen-bond donors (Lipinski definition) is 2. The molecular formula is C14H21ClFN3. The van der Waals surface area contributed by atoms with Gasteiger partial charge in [0.1, 0.15) is 5.82 Å². The molecule has 1 saturated heterocycles. The third-order valence-electron chi connectivity index (χ3n) is 4.04. The normalized spacial score (nSPS) is 28.4. The molecule has 2 atom stereocenters. The molecule has 1 aliphatic rings. The van der Waals surface area contributed by atoms with Crippen molar-refractivity contribution >= 4 is 17.3 Å². The molecule has 1 aromatic rings. The van der Waals surface area contributed by atoms with Crippen LogP contribution in [0.3, 0.4) is 0 Å². The van der Waals surface area contributed by atoms with Crippen LogP contribution in [0.2, 0.25) is 5.02 Å². The number of hydrogen-bond acceptors (Lipinski definition) is 3. The molecule has 0 aromatic heterocycles. The Hall–Kier alpha value is -0.840. The van der Waals surface area contributed by atoms with Crippen molar-refractivity contribution in [3.8, 4) is 0 Å². The van der Waals surface area contributed by atoms with Gasteiger partial charge in [-0.15, -0.1) is 0 Å². The highest BCUT2D eigenvalue weighted by Gasteiger charge is 2.35. The van der Waals surface area contributed by atoms with Crippen molar-refractivity contribution in [1.82, 2.24) is 4.90 Å². The highest BCUT2D eigenvalue weighted by Crippen LogP contribution is 2.30. The third-order valence-corrected chi connectivity index (χ3v) is 4.26. The van der Waals surface area contributed by atoms with E-state index in [0.29, 0.717) is 23.3 Å². The van der Waals surface area contributed by atoms with Crippen molar-refractivity contribution in [2.45, 2.75) is 31.3 Å². The van der Waals surface area contributed by atoms with Crippen LogP contribution in [0.5, 0.6) is 0 Å². The van der Waals surface area contributed by atoms with E-state index in [4.69, 9.17) is 17.3 Å². The number of benzene rings is 1. The summed E-state index contributed by atoms with van der Waals surface area (Å²) >= 11 is 5.89. The number of halogens is 2. The summed E-state index contributed by atoms with van der Waals surface area (Å²) < 4.78 is 13.4. The van der Waals surface area contributed by atoms with E-state index in [0.717, 1.165) is 19.4 Å². The number of nitrogens with two attached hydrogens (primary N) is 1. The average Bonchev–Trinajstić information content (AvgIpc) is 2.33. The Morgan fingerprint density at radius 2 is 2.26 bits per heavy atom. The minimum atomic E-state index is -0.330. The van der Waals surface area contributed by atoms with E-state index in [1.54, 1.807) is 6.07 Å². The minimum Gasteiger partial charge on any atom is -0.378 e. The fourth-order valence-electron chi connectivity index (χ4n) is 2.72. The highest BCUT2D eigenvalue weighted by molar-refractivity contribution is 6.30. The number of piperidine rings is 1. The molecule has 1 aliphatic heterocycles. The van der Waals surface area contributed by atoms with E-state index in [9.17, 15) is 4.39 Å². The van der Waals surface area contributed by atoms with Crippen LogP contribution in [0.25, 0.3) is 0 Å². The van der Waals surface area contributed by atoms with Crippen LogP contribution in [-0.2, 0) is 0 Å². The molecule has 0 saturated carbocycles. The standard InChI is InChI=1S/C14H21ClFN3/c1-10-8-14(9-17,3-4-19(10)2)18-13-6-11(15)5-12(16)7-13/h5-7,10,18H,3-4,8-9,17H2,1-2H3. The molecule has 3 nitrogen and oxygen atoms in total. The number of nitrogens with one attached hydrogen (secondary N) is 1. The van der Waals surface area contributed by atoms with Gasteiger partial charge in [0.15, 0.2) is 0 Å². The first-order chi connectivity index (χ1) is 8.94. The molecule has 0 radical (unpaired) electrons. The van der Waals surface area contributed by atoms with Gasteiger partial charge >= 0.3 is 0 Å². The molecule has 0 aliphatic carbocycles. The fraction of sp³-hybridized carbons (Fsp3) is 0.571. The summed E-state index contributed by atoms with van der Waals surface area (Å²) in [6, 6.07) is 4.96. The van der Waals surface area contributed by atoms with Gasteiger partial charge in [-0.1, -0.05) is 11.6 Å². The number of nitrogens with zero attached hydrogens (tertiary/aromatic N) is 1. The molecule has 0 spiro atoms. The molecule has 0 amide bonds.